The summed E-state index contributed by atoms with van der Waals surface area (Å²) in [6, 6.07) is 10.8. The highest BCUT2D eigenvalue weighted by atomic mass is 16.7. The van der Waals surface area contributed by atoms with E-state index in [1.807, 2.05) is 24.3 Å². The van der Waals surface area contributed by atoms with Crippen LogP contribution in [-0.2, 0) is 9.47 Å². The van der Waals surface area contributed by atoms with Gasteiger partial charge in [0.2, 0.25) is 0 Å². The number of aromatic nitrogens is 1. The van der Waals surface area contributed by atoms with Gasteiger partial charge in [-0.2, -0.15) is 0 Å². The van der Waals surface area contributed by atoms with Crippen molar-refractivity contribution >= 4 is 33.9 Å². The smallest absolute Gasteiger partial charge is 0.465 e. The highest BCUT2D eigenvalue weighted by Gasteiger charge is 2.17. The summed E-state index contributed by atoms with van der Waals surface area (Å²) in [6.07, 6.45) is -0.825. The molecule has 0 atom stereocenters. The molecule has 0 saturated heterocycles. The van der Waals surface area contributed by atoms with Crippen molar-refractivity contribution in [2.75, 3.05) is 13.7 Å². The number of fused-ring (bicyclic) bond motifs is 3. The first kappa shape index (κ1) is 14.9. The van der Waals surface area contributed by atoms with Crippen molar-refractivity contribution in [1.29, 1.82) is 0 Å². The number of carbonyl (C=O) groups is 2. The number of para-hydroxylation sites is 1. The third-order valence-electron chi connectivity index (χ3n) is 3.46. The third kappa shape index (κ3) is 2.70. The van der Waals surface area contributed by atoms with Gasteiger partial charge in [-0.25, -0.2) is 9.59 Å². The van der Waals surface area contributed by atoms with Crippen molar-refractivity contribution in [3.05, 3.63) is 42.0 Å². The number of nitrogens with one attached hydrogen (secondary N) is 1. The maximum absolute atomic E-state index is 11.9. The number of hydrogen-bond donors (Lipinski definition) is 1. The van der Waals surface area contributed by atoms with E-state index in [4.69, 9.17) is 14.2 Å². The van der Waals surface area contributed by atoms with Crippen LogP contribution in [0, 0.1) is 0 Å². The van der Waals surface area contributed by atoms with E-state index < -0.39 is 12.1 Å². The van der Waals surface area contributed by atoms with Crippen molar-refractivity contribution in [1.82, 2.24) is 4.98 Å². The fourth-order valence-corrected chi connectivity index (χ4v) is 2.47. The van der Waals surface area contributed by atoms with Gasteiger partial charge in [0, 0.05) is 16.3 Å². The minimum Gasteiger partial charge on any atom is -0.465 e. The normalized spacial score (nSPS) is 10.7. The molecule has 23 heavy (non-hydrogen) atoms. The number of ether oxygens (including phenoxy) is 3. The van der Waals surface area contributed by atoms with Crippen LogP contribution < -0.4 is 4.74 Å². The lowest BCUT2D eigenvalue weighted by molar-refractivity contribution is 0.0599. The Morgan fingerprint density at radius 2 is 1.91 bits per heavy atom. The predicted octanol–water partition coefficient (Wildman–Crippen LogP) is 3.64. The van der Waals surface area contributed by atoms with Crippen molar-refractivity contribution in [3.8, 4) is 5.75 Å². The molecule has 6 heteroatoms. The molecule has 0 bridgehead atoms. The van der Waals surface area contributed by atoms with Crippen molar-refractivity contribution in [3.63, 3.8) is 0 Å². The molecule has 0 aliphatic rings. The number of aromatic amines is 1. The van der Waals surface area contributed by atoms with Crippen LogP contribution in [0.3, 0.4) is 0 Å². The fraction of sp³-hybridized carbons (Fsp3) is 0.176. The Morgan fingerprint density at radius 1 is 1.13 bits per heavy atom. The Kier molecular flexibility index (Phi) is 3.89. The van der Waals surface area contributed by atoms with Crippen molar-refractivity contribution in [2.45, 2.75) is 6.92 Å². The van der Waals surface area contributed by atoms with Crippen LogP contribution in [0.1, 0.15) is 17.3 Å². The number of methoxy groups -OCH3 is 1. The molecule has 0 radical (unpaired) electrons. The molecule has 1 N–H and O–H groups in total. The largest absolute Gasteiger partial charge is 0.513 e. The van der Waals surface area contributed by atoms with Crippen molar-refractivity contribution in [2.24, 2.45) is 0 Å². The Balaban J connectivity index is 2.22. The number of H-pyrrole nitrogens is 1. The number of rotatable bonds is 3. The standard InChI is InChI=1S/C17H15NO5/c1-3-22-17(20)23-14-9-10(16(19)21-2)8-12-11-6-4-5-7-13(11)18-15(12)14/h4-9,18H,3H2,1-2H3. The second kappa shape index (κ2) is 6.00. The molecule has 118 valence electrons. The van der Waals surface area contributed by atoms with E-state index in [0.717, 1.165) is 16.3 Å². The number of carbonyl (C=O) groups excluding carboxylic acids is 2. The van der Waals surface area contributed by atoms with E-state index >= 15 is 0 Å². The van der Waals surface area contributed by atoms with Gasteiger partial charge in [0.05, 0.1) is 24.8 Å². The molecule has 0 saturated carbocycles. The summed E-state index contributed by atoms with van der Waals surface area (Å²) in [5, 5.41) is 1.68. The zero-order valence-corrected chi connectivity index (χ0v) is 12.7. The average molecular weight is 313 g/mol. The maximum Gasteiger partial charge on any atom is 0.513 e. The average Bonchev–Trinajstić information content (AvgIpc) is 2.93. The zero-order chi connectivity index (χ0) is 16.4. The van der Waals surface area contributed by atoms with E-state index in [2.05, 4.69) is 4.98 Å². The monoisotopic (exact) mass is 313 g/mol. The number of esters is 1. The fourth-order valence-electron chi connectivity index (χ4n) is 2.47. The maximum atomic E-state index is 11.9. The second-order valence-electron chi connectivity index (χ2n) is 4.84. The van der Waals surface area contributed by atoms with Gasteiger partial charge in [-0.05, 0) is 25.1 Å². The summed E-state index contributed by atoms with van der Waals surface area (Å²) >= 11 is 0. The Hall–Kier alpha value is -3.02. The minimum atomic E-state index is -0.825. The highest BCUT2D eigenvalue weighted by Crippen LogP contribution is 2.33. The quantitative estimate of drug-likeness (QED) is 0.590. The molecule has 0 aliphatic carbocycles. The van der Waals surface area contributed by atoms with Crippen LogP contribution in [0.5, 0.6) is 5.75 Å². The second-order valence-corrected chi connectivity index (χ2v) is 4.84. The molecule has 6 nitrogen and oxygen atoms in total. The van der Waals surface area contributed by atoms with Gasteiger partial charge in [0.15, 0.2) is 5.75 Å². The lowest BCUT2D eigenvalue weighted by Crippen LogP contribution is -2.11. The highest BCUT2D eigenvalue weighted by molar-refractivity contribution is 6.11. The molecular weight excluding hydrogens is 298 g/mol. The predicted molar refractivity (Wildman–Crippen MR) is 84.8 cm³/mol. The van der Waals surface area contributed by atoms with E-state index in [1.165, 1.54) is 13.2 Å². The molecule has 2 aromatic carbocycles. The third-order valence-corrected chi connectivity index (χ3v) is 3.46. The minimum absolute atomic E-state index is 0.200. The van der Waals surface area contributed by atoms with Gasteiger partial charge in [0.1, 0.15) is 0 Å². The molecular formula is C17H15NO5. The molecule has 0 amide bonds. The number of benzene rings is 2. The Bertz CT molecular complexity index is 897. The van der Waals surface area contributed by atoms with E-state index in [1.54, 1.807) is 13.0 Å². The summed E-state index contributed by atoms with van der Waals surface area (Å²) in [5.41, 5.74) is 1.79. The molecule has 3 aromatic rings. The molecule has 1 aromatic heterocycles. The first-order valence-electron chi connectivity index (χ1n) is 7.11. The summed E-state index contributed by atoms with van der Waals surface area (Å²) in [7, 11) is 1.30. The van der Waals surface area contributed by atoms with Crippen LogP contribution in [0.25, 0.3) is 21.8 Å². The van der Waals surface area contributed by atoms with Crippen molar-refractivity contribution < 1.29 is 23.8 Å². The van der Waals surface area contributed by atoms with Crippen LogP contribution in [0.15, 0.2) is 36.4 Å². The van der Waals surface area contributed by atoms with Gasteiger partial charge >= 0.3 is 12.1 Å². The lowest BCUT2D eigenvalue weighted by atomic mass is 10.1. The molecule has 0 fully saturated rings. The first-order chi connectivity index (χ1) is 11.1. The SMILES string of the molecule is CCOC(=O)Oc1cc(C(=O)OC)cc2c1[nH]c1ccccc12. The van der Waals surface area contributed by atoms with Gasteiger partial charge in [-0.3, -0.25) is 0 Å². The van der Waals surface area contributed by atoms with E-state index in [9.17, 15) is 9.59 Å². The lowest BCUT2D eigenvalue weighted by Gasteiger charge is -2.07. The summed E-state index contributed by atoms with van der Waals surface area (Å²) < 4.78 is 14.8. The molecule has 0 aliphatic heterocycles. The Labute approximate surface area is 131 Å². The van der Waals surface area contributed by atoms with Crippen LogP contribution >= 0.6 is 0 Å². The van der Waals surface area contributed by atoms with Crippen LogP contribution in [-0.4, -0.2) is 30.8 Å². The topological polar surface area (TPSA) is 77.6 Å². The van der Waals surface area contributed by atoms with Crippen LogP contribution in [0.4, 0.5) is 4.79 Å². The van der Waals surface area contributed by atoms with Gasteiger partial charge < -0.3 is 19.2 Å². The van der Waals surface area contributed by atoms with Gasteiger partial charge in [0.25, 0.3) is 0 Å². The summed E-state index contributed by atoms with van der Waals surface area (Å²) in [4.78, 5) is 26.7. The van der Waals surface area contributed by atoms with E-state index in [-0.39, 0.29) is 12.4 Å². The zero-order valence-electron chi connectivity index (χ0n) is 12.7. The molecule has 0 unspecified atom stereocenters. The molecule has 1 heterocycles. The number of hydrogen-bond acceptors (Lipinski definition) is 5. The summed E-state index contributed by atoms with van der Waals surface area (Å²) in [6.45, 7) is 1.88. The molecule has 0 spiro atoms. The van der Waals surface area contributed by atoms with Gasteiger partial charge in [-0.1, -0.05) is 18.2 Å². The van der Waals surface area contributed by atoms with E-state index in [0.29, 0.717) is 11.1 Å². The van der Waals surface area contributed by atoms with Crippen LogP contribution in [0.2, 0.25) is 0 Å². The Morgan fingerprint density at radius 3 is 2.65 bits per heavy atom. The molecule has 3 rings (SSSR count). The first-order valence-corrected chi connectivity index (χ1v) is 7.11. The summed E-state index contributed by atoms with van der Waals surface area (Å²) in [5.74, 6) is -0.288. The van der Waals surface area contributed by atoms with Gasteiger partial charge in [-0.15, -0.1) is 0 Å².